The van der Waals surface area contributed by atoms with Crippen LogP contribution in [0, 0.1) is 3.70 Å². The quantitative estimate of drug-likeness (QED) is 0.320. The van der Waals surface area contributed by atoms with Crippen LogP contribution in [0.15, 0.2) is 6.20 Å². The van der Waals surface area contributed by atoms with E-state index >= 15 is 0 Å². The van der Waals surface area contributed by atoms with Crippen LogP contribution in [0.5, 0.6) is 5.75 Å². The summed E-state index contributed by atoms with van der Waals surface area (Å²) in [6, 6.07) is 0. The van der Waals surface area contributed by atoms with E-state index in [4.69, 9.17) is 0 Å². The zero-order valence-electron chi connectivity index (χ0n) is 10.1. The zero-order valence-corrected chi connectivity index (χ0v) is 12.3. The highest BCUT2D eigenvalue weighted by Crippen LogP contribution is 2.39. The molecule has 0 saturated carbocycles. The molecule has 0 aromatic carbocycles. The van der Waals surface area contributed by atoms with Crippen molar-refractivity contribution in [2.75, 3.05) is 7.11 Å². The van der Waals surface area contributed by atoms with Crippen LogP contribution < -0.4 is 4.74 Å². The summed E-state index contributed by atoms with van der Waals surface area (Å²) in [5.74, 6) is -2.34. The summed E-state index contributed by atoms with van der Waals surface area (Å²) in [6.07, 6.45) is -10.8. The number of alkyl halides is 6. The third-order valence-corrected chi connectivity index (χ3v) is 2.98. The number of halogens is 7. The van der Waals surface area contributed by atoms with Crippen LogP contribution in [0.4, 0.5) is 26.3 Å². The lowest BCUT2D eigenvalue weighted by Crippen LogP contribution is -2.22. The Morgan fingerprint density at radius 2 is 1.86 bits per heavy atom. The number of aromatic nitrogens is 1. The molecule has 11 heteroatoms. The van der Waals surface area contributed by atoms with Crippen LogP contribution in [-0.4, -0.2) is 24.4 Å². The van der Waals surface area contributed by atoms with Crippen molar-refractivity contribution in [3.8, 4) is 5.75 Å². The fourth-order valence-electron chi connectivity index (χ4n) is 1.40. The smallest absolute Gasteiger partial charge is 0.469 e. The molecule has 1 aromatic heterocycles. The van der Waals surface area contributed by atoms with Crippen LogP contribution >= 0.6 is 22.6 Å². The summed E-state index contributed by atoms with van der Waals surface area (Å²) < 4.78 is 82.6. The van der Waals surface area contributed by atoms with E-state index in [2.05, 4.69) is 14.5 Å². The summed E-state index contributed by atoms with van der Waals surface area (Å²) in [6.45, 7) is 0. The topological polar surface area (TPSA) is 48.4 Å². The van der Waals surface area contributed by atoms with Crippen molar-refractivity contribution in [1.82, 2.24) is 4.98 Å². The van der Waals surface area contributed by atoms with Gasteiger partial charge in [0.2, 0.25) is 0 Å². The molecule has 0 aliphatic rings. The lowest BCUT2D eigenvalue weighted by molar-refractivity contribution is -0.275. The second-order valence-corrected chi connectivity index (χ2v) is 4.59. The summed E-state index contributed by atoms with van der Waals surface area (Å²) in [5.41, 5.74) is -2.44. The number of nitrogens with zero attached hydrogens (tertiary/aromatic N) is 1. The molecule has 0 amide bonds. The maximum atomic E-state index is 12.9. The Kier molecular flexibility index (Phi) is 5.28. The molecule has 1 rings (SSSR count). The van der Waals surface area contributed by atoms with E-state index in [9.17, 15) is 31.1 Å². The van der Waals surface area contributed by atoms with Crippen molar-refractivity contribution in [2.24, 2.45) is 0 Å². The predicted octanol–water partition coefficient (Wildman–Crippen LogP) is 3.32. The number of carbonyl (C=O) groups excluding carboxylic acids is 1. The fourth-order valence-corrected chi connectivity index (χ4v) is 2.17. The van der Waals surface area contributed by atoms with Gasteiger partial charge >= 0.3 is 18.5 Å². The van der Waals surface area contributed by atoms with Crippen molar-refractivity contribution in [2.45, 2.75) is 19.0 Å². The molecule has 21 heavy (non-hydrogen) atoms. The van der Waals surface area contributed by atoms with Gasteiger partial charge in [0, 0.05) is 5.56 Å². The number of hydrogen-bond acceptors (Lipinski definition) is 4. The highest BCUT2D eigenvalue weighted by Gasteiger charge is 2.41. The lowest BCUT2D eigenvalue weighted by Gasteiger charge is -2.18. The Balaban J connectivity index is 3.47. The maximum Gasteiger partial charge on any atom is 0.573 e. The summed E-state index contributed by atoms with van der Waals surface area (Å²) in [4.78, 5) is 14.4. The minimum absolute atomic E-state index is 0.475. The first kappa shape index (κ1) is 17.8. The van der Waals surface area contributed by atoms with Crippen molar-refractivity contribution in [1.29, 1.82) is 0 Å². The minimum atomic E-state index is -5.22. The number of carbonyl (C=O) groups is 1. The summed E-state index contributed by atoms with van der Waals surface area (Å²) in [7, 11) is 0.895. The molecule has 0 aliphatic carbocycles. The molecule has 0 fully saturated rings. The third-order valence-electron chi connectivity index (χ3n) is 2.16. The van der Waals surface area contributed by atoms with E-state index in [1.54, 1.807) is 0 Å². The van der Waals surface area contributed by atoms with Gasteiger partial charge in [-0.05, 0) is 22.6 Å². The molecule has 0 aliphatic heterocycles. The molecule has 118 valence electrons. The molecule has 0 unspecified atom stereocenters. The largest absolute Gasteiger partial charge is 0.573 e. The second-order valence-electron chi connectivity index (χ2n) is 3.57. The van der Waals surface area contributed by atoms with Gasteiger partial charge in [-0.25, -0.2) is 4.98 Å². The highest BCUT2D eigenvalue weighted by atomic mass is 127. The molecule has 1 heterocycles. The fraction of sp³-hybridized carbons (Fsp3) is 0.400. The Morgan fingerprint density at radius 3 is 2.29 bits per heavy atom. The summed E-state index contributed by atoms with van der Waals surface area (Å²) in [5, 5.41) is 0. The zero-order chi connectivity index (χ0) is 16.4. The molecular formula is C10H6F6INO3. The van der Waals surface area contributed by atoms with Gasteiger partial charge in [-0.15, -0.1) is 13.2 Å². The van der Waals surface area contributed by atoms with Crippen molar-refractivity contribution in [3.63, 3.8) is 0 Å². The second kappa shape index (κ2) is 6.23. The SMILES string of the molecule is COC(=O)Cc1c(OC(F)(F)F)cnc(I)c1C(F)(F)F. The van der Waals surface area contributed by atoms with Crippen molar-refractivity contribution in [3.05, 3.63) is 21.0 Å². The van der Waals surface area contributed by atoms with Crippen molar-refractivity contribution < 1.29 is 40.6 Å². The van der Waals surface area contributed by atoms with Crippen LogP contribution in [-0.2, 0) is 22.1 Å². The van der Waals surface area contributed by atoms with E-state index < -0.39 is 45.5 Å². The first-order chi connectivity index (χ1) is 9.45. The van der Waals surface area contributed by atoms with Gasteiger partial charge in [0.05, 0.1) is 25.3 Å². The molecule has 4 nitrogen and oxygen atoms in total. The molecule has 1 aromatic rings. The molecule has 0 atom stereocenters. The molecule has 0 bridgehead atoms. The van der Waals surface area contributed by atoms with E-state index in [1.165, 1.54) is 22.6 Å². The number of esters is 1. The standard InChI is InChI=1S/C10H6F6INO3/c1-20-6(19)2-4-5(21-10(14,15)16)3-18-8(17)7(4)9(11,12)13/h3H,2H2,1H3. The van der Waals surface area contributed by atoms with E-state index in [-0.39, 0.29) is 0 Å². The first-order valence-corrected chi connectivity index (χ1v) is 6.10. The van der Waals surface area contributed by atoms with Crippen LogP contribution in [0.2, 0.25) is 0 Å². The van der Waals surface area contributed by atoms with Gasteiger partial charge in [0.15, 0.2) is 5.75 Å². The van der Waals surface area contributed by atoms with Gasteiger partial charge in [0.25, 0.3) is 0 Å². The monoisotopic (exact) mass is 429 g/mol. The molecule has 0 spiro atoms. The number of ether oxygens (including phenoxy) is 2. The lowest BCUT2D eigenvalue weighted by atomic mass is 10.1. The Morgan fingerprint density at radius 1 is 1.29 bits per heavy atom. The summed E-state index contributed by atoms with van der Waals surface area (Å²) >= 11 is 1.20. The van der Waals surface area contributed by atoms with Crippen molar-refractivity contribution >= 4 is 28.6 Å². The molecule has 0 N–H and O–H groups in total. The van der Waals surface area contributed by atoms with Crippen LogP contribution in [0.25, 0.3) is 0 Å². The minimum Gasteiger partial charge on any atom is -0.469 e. The van der Waals surface area contributed by atoms with Crippen LogP contribution in [0.1, 0.15) is 11.1 Å². The molecule has 0 saturated heterocycles. The Hall–Kier alpha value is -1.27. The number of methoxy groups -OCH3 is 1. The third kappa shape index (κ3) is 4.89. The van der Waals surface area contributed by atoms with Gasteiger partial charge in [0.1, 0.15) is 3.70 Å². The van der Waals surface area contributed by atoms with Gasteiger partial charge in [-0.3, -0.25) is 4.79 Å². The van der Waals surface area contributed by atoms with Gasteiger partial charge < -0.3 is 9.47 Å². The van der Waals surface area contributed by atoms with Crippen LogP contribution in [0.3, 0.4) is 0 Å². The number of pyridine rings is 1. The molecule has 0 radical (unpaired) electrons. The first-order valence-electron chi connectivity index (χ1n) is 5.03. The van der Waals surface area contributed by atoms with E-state index in [0.29, 0.717) is 6.20 Å². The molecular weight excluding hydrogens is 423 g/mol. The van der Waals surface area contributed by atoms with Gasteiger partial charge in [-0.1, -0.05) is 0 Å². The Bertz CT molecular complexity index is 543. The highest BCUT2D eigenvalue weighted by molar-refractivity contribution is 14.1. The Labute approximate surface area is 127 Å². The normalized spacial score (nSPS) is 12.2. The average Bonchev–Trinajstić information content (AvgIpc) is 2.29. The average molecular weight is 429 g/mol. The van der Waals surface area contributed by atoms with E-state index in [1.807, 2.05) is 0 Å². The number of rotatable bonds is 3. The van der Waals surface area contributed by atoms with Gasteiger partial charge in [-0.2, -0.15) is 13.2 Å². The number of hydrogen-bond donors (Lipinski definition) is 0. The van der Waals surface area contributed by atoms with E-state index in [0.717, 1.165) is 7.11 Å². The predicted molar refractivity (Wildman–Crippen MR) is 64.4 cm³/mol. The maximum absolute atomic E-state index is 12.9.